The van der Waals surface area contributed by atoms with Crippen molar-refractivity contribution in [1.82, 2.24) is 9.21 Å². The van der Waals surface area contributed by atoms with E-state index in [0.29, 0.717) is 32.0 Å². The van der Waals surface area contributed by atoms with Crippen LogP contribution >= 0.6 is 11.3 Å². The van der Waals surface area contributed by atoms with Crippen LogP contribution in [0.2, 0.25) is 0 Å². The number of nitrogens with zero attached hydrogens (tertiary/aromatic N) is 2. The van der Waals surface area contributed by atoms with Gasteiger partial charge in [0.2, 0.25) is 0 Å². The van der Waals surface area contributed by atoms with Gasteiger partial charge >= 0.3 is 5.97 Å². The van der Waals surface area contributed by atoms with E-state index >= 15 is 0 Å². The zero-order valence-corrected chi connectivity index (χ0v) is 19.7. The summed E-state index contributed by atoms with van der Waals surface area (Å²) in [5.74, 6) is -0.198. The summed E-state index contributed by atoms with van der Waals surface area (Å²) in [7, 11) is -2.43. The van der Waals surface area contributed by atoms with Crippen LogP contribution in [-0.2, 0) is 27.7 Å². The lowest BCUT2D eigenvalue weighted by Crippen LogP contribution is -2.33. The van der Waals surface area contributed by atoms with Crippen LogP contribution in [-0.4, -0.2) is 56.9 Å². The molecule has 2 heterocycles. The van der Waals surface area contributed by atoms with Crippen molar-refractivity contribution in [2.75, 3.05) is 33.3 Å². The van der Waals surface area contributed by atoms with Gasteiger partial charge in [-0.25, -0.2) is 13.2 Å². The monoisotopic (exact) mass is 450 g/mol. The first-order valence-corrected chi connectivity index (χ1v) is 12.6. The van der Waals surface area contributed by atoms with Gasteiger partial charge in [0.05, 0.1) is 12.7 Å². The number of rotatable bonds is 8. The highest BCUT2D eigenvalue weighted by Crippen LogP contribution is 2.38. The fourth-order valence-electron chi connectivity index (χ4n) is 4.03. The number of benzene rings is 1. The third-order valence-electron chi connectivity index (χ3n) is 5.67. The van der Waals surface area contributed by atoms with Crippen LogP contribution in [0, 0.1) is 0 Å². The highest BCUT2D eigenvalue weighted by molar-refractivity contribution is 7.91. The molecule has 1 aliphatic rings. The van der Waals surface area contributed by atoms with Gasteiger partial charge in [-0.05, 0) is 23.5 Å². The Kier molecular flexibility index (Phi) is 7.34. The third kappa shape index (κ3) is 4.46. The molecule has 0 bridgehead atoms. The van der Waals surface area contributed by atoms with E-state index in [-0.39, 0.29) is 9.77 Å². The molecule has 1 aromatic carbocycles. The molecular formula is C22H30N2O4S2. The van der Waals surface area contributed by atoms with Gasteiger partial charge < -0.3 is 4.74 Å². The van der Waals surface area contributed by atoms with Gasteiger partial charge in [0.1, 0.15) is 4.21 Å². The molecule has 2 aromatic rings. The Morgan fingerprint density at radius 1 is 1.23 bits per heavy atom. The largest absolute Gasteiger partial charge is 0.465 e. The molecule has 6 nitrogen and oxygen atoms in total. The molecule has 0 amide bonds. The van der Waals surface area contributed by atoms with Gasteiger partial charge in [0, 0.05) is 37.6 Å². The Morgan fingerprint density at radius 3 is 2.50 bits per heavy atom. The average Bonchev–Trinajstić information content (AvgIpc) is 3.14. The number of sulfonamides is 1. The second kappa shape index (κ2) is 9.60. The molecular weight excluding hydrogens is 420 g/mol. The molecule has 0 saturated heterocycles. The SMILES string of the molecule is CCN(CC)S(=O)(=O)c1sc2c(c1C(=O)OC)CCN(CC(C)c1ccccc1)C2. The average molecular weight is 451 g/mol. The smallest absolute Gasteiger partial charge is 0.340 e. The second-order valence-electron chi connectivity index (χ2n) is 7.54. The van der Waals surface area contributed by atoms with Crippen LogP contribution in [0.1, 0.15) is 53.1 Å². The molecule has 164 valence electrons. The van der Waals surface area contributed by atoms with E-state index in [4.69, 9.17) is 4.74 Å². The van der Waals surface area contributed by atoms with Crippen LogP contribution in [0.15, 0.2) is 34.5 Å². The number of hydrogen-bond donors (Lipinski definition) is 0. The van der Waals surface area contributed by atoms with Crippen molar-refractivity contribution in [1.29, 1.82) is 0 Å². The minimum atomic E-state index is -3.73. The third-order valence-corrected chi connectivity index (χ3v) is 9.44. The summed E-state index contributed by atoms with van der Waals surface area (Å²) in [6.07, 6.45) is 0.644. The second-order valence-corrected chi connectivity index (χ2v) is 10.8. The lowest BCUT2D eigenvalue weighted by Gasteiger charge is -2.29. The topological polar surface area (TPSA) is 66.9 Å². The Labute approximate surface area is 183 Å². The first-order chi connectivity index (χ1) is 14.3. The summed E-state index contributed by atoms with van der Waals surface area (Å²) in [6, 6.07) is 10.4. The molecule has 0 aliphatic carbocycles. The van der Waals surface area contributed by atoms with Crippen molar-refractivity contribution in [2.45, 2.75) is 43.9 Å². The van der Waals surface area contributed by atoms with Crippen molar-refractivity contribution >= 4 is 27.3 Å². The molecule has 0 spiro atoms. The van der Waals surface area contributed by atoms with Crippen molar-refractivity contribution in [3.8, 4) is 0 Å². The van der Waals surface area contributed by atoms with Crippen LogP contribution in [0.25, 0.3) is 0 Å². The lowest BCUT2D eigenvalue weighted by molar-refractivity contribution is 0.0595. The van der Waals surface area contributed by atoms with Gasteiger partial charge in [0.15, 0.2) is 0 Å². The molecule has 1 aliphatic heterocycles. The summed E-state index contributed by atoms with van der Waals surface area (Å²) in [4.78, 5) is 15.8. The van der Waals surface area contributed by atoms with Gasteiger partial charge in [0.25, 0.3) is 10.0 Å². The maximum atomic E-state index is 13.2. The standard InChI is InChI=1S/C22H30N2O4S2/c1-5-24(6-2)30(26,27)22-20(21(25)28-4)18-12-13-23(15-19(18)29-22)14-16(3)17-10-8-7-9-11-17/h7-11,16H,5-6,12-15H2,1-4H3. The Morgan fingerprint density at radius 2 is 1.90 bits per heavy atom. The van der Waals surface area contributed by atoms with E-state index in [1.165, 1.54) is 28.3 Å². The number of ether oxygens (including phenoxy) is 1. The van der Waals surface area contributed by atoms with Crippen LogP contribution < -0.4 is 0 Å². The molecule has 1 atom stereocenters. The first-order valence-electron chi connectivity index (χ1n) is 10.3. The summed E-state index contributed by atoms with van der Waals surface area (Å²) in [5, 5.41) is 0. The van der Waals surface area contributed by atoms with E-state index in [1.807, 2.05) is 18.2 Å². The minimum absolute atomic E-state index is 0.126. The molecule has 0 saturated carbocycles. The Hall–Kier alpha value is -1.74. The summed E-state index contributed by atoms with van der Waals surface area (Å²) in [6.45, 7) is 8.86. The minimum Gasteiger partial charge on any atom is -0.465 e. The predicted octanol–water partition coefficient (Wildman–Crippen LogP) is 3.73. The van der Waals surface area contributed by atoms with Gasteiger partial charge in [-0.3, -0.25) is 4.90 Å². The predicted molar refractivity (Wildman–Crippen MR) is 120 cm³/mol. The number of hydrogen-bond acceptors (Lipinski definition) is 6. The number of esters is 1. The van der Waals surface area contributed by atoms with Crippen LogP contribution in [0.4, 0.5) is 0 Å². The number of thiophene rings is 1. The Bertz CT molecular complexity index is 982. The molecule has 1 aromatic heterocycles. The molecule has 30 heavy (non-hydrogen) atoms. The van der Waals surface area contributed by atoms with E-state index in [2.05, 4.69) is 24.0 Å². The zero-order valence-electron chi connectivity index (χ0n) is 18.1. The van der Waals surface area contributed by atoms with Gasteiger partial charge in [-0.2, -0.15) is 4.31 Å². The number of carbonyl (C=O) groups is 1. The van der Waals surface area contributed by atoms with E-state index < -0.39 is 16.0 Å². The van der Waals surface area contributed by atoms with Crippen LogP contribution in [0.5, 0.6) is 0 Å². The lowest BCUT2D eigenvalue weighted by atomic mass is 9.98. The van der Waals surface area contributed by atoms with Crippen molar-refractivity contribution in [3.63, 3.8) is 0 Å². The molecule has 0 fully saturated rings. The first kappa shape index (κ1) is 22.9. The molecule has 1 unspecified atom stereocenters. The fraction of sp³-hybridized carbons (Fsp3) is 0.500. The van der Waals surface area contributed by atoms with Crippen molar-refractivity contribution in [3.05, 3.63) is 51.9 Å². The van der Waals surface area contributed by atoms with Gasteiger partial charge in [-0.1, -0.05) is 51.1 Å². The molecule has 3 rings (SSSR count). The fourth-order valence-corrected chi connectivity index (χ4v) is 7.56. The maximum absolute atomic E-state index is 13.2. The quantitative estimate of drug-likeness (QED) is 0.574. The highest BCUT2D eigenvalue weighted by atomic mass is 32.2. The zero-order chi connectivity index (χ0) is 21.9. The maximum Gasteiger partial charge on any atom is 0.340 e. The highest BCUT2D eigenvalue weighted by Gasteiger charge is 2.36. The normalized spacial score (nSPS) is 15.8. The Balaban J connectivity index is 1.91. The molecule has 0 N–H and O–H groups in total. The van der Waals surface area contributed by atoms with E-state index in [1.54, 1.807) is 13.8 Å². The van der Waals surface area contributed by atoms with Gasteiger partial charge in [-0.15, -0.1) is 11.3 Å². The summed E-state index contributed by atoms with van der Waals surface area (Å²) in [5.41, 5.74) is 2.36. The molecule has 8 heteroatoms. The summed E-state index contributed by atoms with van der Waals surface area (Å²) >= 11 is 1.23. The summed E-state index contributed by atoms with van der Waals surface area (Å²) < 4.78 is 32.9. The number of methoxy groups -OCH3 is 1. The number of carbonyl (C=O) groups excluding carboxylic acids is 1. The van der Waals surface area contributed by atoms with Crippen molar-refractivity contribution in [2.24, 2.45) is 0 Å². The van der Waals surface area contributed by atoms with E-state index in [9.17, 15) is 13.2 Å². The van der Waals surface area contributed by atoms with Crippen LogP contribution in [0.3, 0.4) is 0 Å². The molecule has 0 radical (unpaired) electrons. The number of fused-ring (bicyclic) bond motifs is 1. The van der Waals surface area contributed by atoms with E-state index in [0.717, 1.165) is 23.5 Å². The van der Waals surface area contributed by atoms with Crippen molar-refractivity contribution < 1.29 is 17.9 Å².